The third-order valence-corrected chi connectivity index (χ3v) is 2.50. The topological polar surface area (TPSA) is 87.7 Å². The molecule has 2 amide bonds. The lowest BCUT2D eigenvalue weighted by Crippen LogP contribution is -2.42. The summed E-state index contributed by atoms with van der Waals surface area (Å²) in [5.74, 6) is -1.71. The zero-order chi connectivity index (χ0) is 15.8. The largest absolute Gasteiger partial charge is 0.491 e. The van der Waals surface area contributed by atoms with Gasteiger partial charge in [0.05, 0.1) is 6.61 Å². The lowest BCUT2D eigenvalue weighted by molar-refractivity contribution is -0.139. The third-order valence-electron chi connectivity index (χ3n) is 2.50. The second kappa shape index (κ2) is 7.88. The van der Waals surface area contributed by atoms with E-state index in [9.17, 15) is 14.0 Å². The molecule has 0 bridgehead atoms. The van der Waals surface area contributed by atoms with Crippen LogP contribution in [0.5, 0.6) is 5.75 Å². The number of urea groups is 1. The van der Waals surface area contributed by atoms with Crippen LogP contribution >= 0.6 is 0 Å². The molecule has 0 aromatic heterocycles. The summed E-state index contributed by atoms with van der Waals surface area (Å²) in [6.07, 6.45) is 1.47. The van der Waals surface area contributed by atoms with Crippen LogP contribution in [-0.2, 0) is 4.79 Å². The summed E-state index contributed by atoms with van der Waals surface area (Å²) in [5, 5.41) is 13.5. The summed E-state index contributed by atoms with van der Waals surface area (Å²) in [4.78, 5) is 22.5. The van der Waals surface area contributed by atoms with E-state index in [1.165, 1.54) is 18.2 Å². The van der Waals surface area contributed by atoms with Crippen LogP contribution in [-0.4, -0.2) is 29.8 Å². The van der Waals surface area contributed by atoms with Crippen LogP contribution in [0, 0.1) is 5.82 Å². The average molecular weight is 296 g/mol. The van der Waals surface area contributed by atoms with Gasteiger partial charge in [-0.1, -0.05) is 6.08 Å². The third kappa shape index (κ3) is 5.13. The van der Waals surface area contributed by atoms with Crippen LogP contribution in [0.2, 0.25) is 0 Å². The number of carbonyl (C=O) groups is 2. The molecule has 1 aromatic carbocycles. The highest BCUT2D eigenvalue weighted by molar-refractivity contribution is 5.92. The van der Waals surface area contributed by atoms with E-state index in [-0.39, 0.29) is 17.9 Å². The highest BCUT2D eigenvalue weighted by Gasteiger charge is 2.18. The Morgan fingerprint density at radius 1 is 1.52 bits per heavy atom. The van der Waals surface area contributed by atoms with E-state index in [1.54, 1.807) is 6.92 Å². The molecule has 1 unspecified atom stereocenters. The van der Waals surface area contributed by atoms with Gasteiger partial charge in [0.2, 0.25) is 0 Å². The van der Waals surface area contributed by atoms with E-state index in [2.05, 4.69) is 17.2 Å². The molecule has 0 radical (unpaired) electrons. The fourth-order valence-electron chi connectivity index (χ4n) is 1.56. The number of anilines is 1. The zero-order valence-electron chi connectivity index (χ0n) is 11.6. The molecule has 21 heavy (non-hydrogen) atoms. The molecule has 0 aliphatic carbocycles. The lowest BCUT2D eigenvalue weighted by atomic mass is 10.2. The van der Waals surface area contributed by atoms with Crippen molar-refractivity contribution in [3.63, 3.8) is 0 Å². The van der Waals surface area contributed by atoms with Gasteiger partial charge in [-0.15, -0.1) is 6.58 Å². The van der Waals surface area contributed by atoms with E-state index in [0.717, 1.165) is 6.07 Å². The summed E-state index contributed by atoms with van der Waals surface area (Å²) in [6.45, 7) is 5.47. The van der Waals surface area contributed by atoms with E-state index < -0.39 is 23.9 Å². The van der Waals surface area contributed by atoms with Crippen molar-refractivity contribution in [1.29, 1.82) is 0 Å². The number of nitrogens with one attached hydrogen (secondary N) is 2. The van der Waals surface area contributed by atoms with E-state index in [4.69, 9.17) is 9.84 Å². The number of carboxylic acid groups (broad SMARTS) is 1. The molecule has 0 saturated carbocycles. The van der Waals surface area contributed by atoms with Crippen LogP contribution in [0.3, 0.4) is 0 Å². The maximum atomic E-state index is 13.6. The van der Waals surface area contributed by atoms with Gasteiger partial charge >= 0.3 is 12.0 Å². The van der Waals surface area contributed by atoms with Gasteiger partial charge in [0.1, 0.15) is 6.04 Å². The van der Waals surface area contributed by atoms with Crippen LogP contribution in [0.1, 0.15) is 13.3 Å². The quantitative estimate of drug-likeness (QED) is 0.674. The van der Waals surface area contributed by atoms with Crippen molar-refractivity contribution in [3.8, 4) is 5.75 Å². The van der Waals surface area contributed by atoms with Crippen LogP contribution in [0.15, 0.2) is 30.9 Å². The number of carboxylic acids is 1. The number of aliphatic carboxylic acids is 1. The Labute approximate surface area is 121 Å². The Bertz CT molecular complexity index is 534. The second-order valence-electron chi connectivity index (χ2n) is 4.09. The summed E-state index contributed by atoms with van der Waals surface area (Å²) in [6, 6.07) is 2.10. The molecule has 0 saturated heterocycles. The number of hydrogen-bond donors (Lipinski definition) is 3. The van der Waals surface area contributed by atoms with Gasteiger partial charge in [0, 0.05) is 11.8 Å². The predicted octanol–water partition coefficient (Wildman–Crippen LogP) is 2.38. The van der Waals surface area contributed by atoms with E-state index in [1.807, 2.05) is 0 Å². The minimum absolute atomic E-state index is 0.0820. The number of rotatable bonds is 7. The first-order chi connectivity index (χ1) is 9.97. The summed E-state index contributed by atoms with van der Waals surface area (Å²) in [5.41, 5.74) is 0.191. The van der Waals surface area contributed by atoms with Gasteiger partial charge in [0.15, 0.2) is 11.6 Å². The van der Waals surface area contributed by atoms with Crippen molar-refractivity contribution in [2.24, 2.45) is 0 Å². The van der Waals surface area contributed by atoms with Crippen molar-refractivity contribution in [1.82, 2.24) is 5.32 Å². The number of amides is 2. The number of carbonyl (C=O) groups excluding carboxylic acids is 1. The van der Waals surface area contributed by atoms with Crippen LogP contribution in [0.4, 0.5) is 14.9 Å². The molecular formula is C14H17FN2O4. The Hall–Kier alpha value is -2.57. The van der Waals surface area contributed by atoms with Crippen LogP contribution < -0.4 is 15.4 Å². The van der Waals surface area contributed by atoms with E-state index >= 15 is 0 Å². The first-order valence-electron chi connectivity index (χ1n) is 6.31. The average Bonchev–Trinajstić information content (AvgIpc) is 2.41. The van der Waals surface area contributed by atoms with Gasteiger partial charge in [-0.05, 0) is 25.5 Å². The molecule has 7 heteroatoms. The van der Waals surface area contributed by atoms with Crippen molar-refractivity contribution in [3.05, 3.63) is 36.7 Å². The minimum Gasteiger partial charge on any atom is -0.491 e. The normalized spacial score (nSPS) is 11.3. The Kier molecular flexibility index (Phi) is 6.19. The van der Waals surface area contributed by atoms with Gasteiger partial charge in [-0.2, -0.15) is 0 Å². The number of ether oxygens (including phenoxy) is 1. The molecular weight excluding hydrogens is 279 g/mol. The smallest absolute Gasteiger partial charge is 0.326 e. The van der Waals surface area contributed by atoms with Crippen molar-refractivity contribution in [2.75, 3.05) is 11.9 Å². The van der Waals surface area contributed by atoms with E-state index in [0.29, 0.717) is 6.61 Å². The minimum atomic E-state index is -1.18. The van der Waals surface area contributed by atoms with Gasteiger partial charge in [0.25, 0.3) is 0 Å². The molecule has 1 atom stereocenters. The number of hydrogen-bond acceptors (Lipinski definition) is 3. The zero-order valence-corrected chi connectivity index (χ0v) is 11.6. The SMILES string of the molecule is C=CCC(NC(=O)Nc1ccc(OCC)c(F)c1)C(=O)O. The Morgan fingerprint density at radius 2 is 2.24 bits per heavy atom. The lowest BCUT2D eigenvalue weighted by Gasteiger charge is -2.14. The molecule has 0 aliphatic rings. The first kappa shape index (κ1) is 16.5. The fourth-order valence-corrected chi connectivity index (χ4v) is 1.56. The maximum absolute atomic E-state index is 13.6. The van der Waals surface area contributed by atoms with Gasteiger partial charge in [-0.25, -0.2) is 14.0 Å². The molecule has 6 nitrogen and oxygen atoms in total. The standard InChI is InChI=1S/C14H17FN2O4/c1-3-5-11(13(18)19)17-14(20)16-9-6-7-12(21-4-2)10(15)8-9/h3,6-8,11H,1,4-5H2,2H3,(H,18,19)(H2,16,17,20). The fraction of sp³-hybridized carbons (Fsp3) is 0.286. The first-order valence-corrected chi connectivity index (χ1v) is 6.31. The molecule has 114 valence electrons. The van der Waals surface area contributed by atoms with Gasteiger partial charge in [-0.3, -0.25) is 0 Å². The molecule has 1 aromatic rings. The summed E-state index contributed by atoms with van der Waals surface area (Å²) in [7, 11) is 0. The summed E-state index contributed by atoms with van der Waals surface area (Å²) >= 11 is 0. The second-order valence-corrected chi connectivity index (χ2v) is 4.09. The number of halogens is 1. The number of benzene rings is 1. The highest BCUT2D eigenvalue weighted by atomic mass is 19.1. The molecule has 0 aliphatic heterocycles. The summed E-state index contributed by atoms with van der Waals surface area (Å²) < 4.78 is 18.6. The van der Waals surface area contributed by atoms with Crippen molar-refractivity contribution < 1.29 is 23.8 Å². The van der Waals surface area contributed by atoms with Gasteiger partial charge < -0.3 is 20.5 Å². The Balaban J connectivity index is 2.68. The Morgan fingerprint density at radius 3 is 2.76 bits per heavy atom. The molecule has 0 spiro atoms. The predicted molar refractivity (Wildman–Crippen MR) is 76.0 cm³/mol. The molecule has 1 rings (SSSR count). The highest BCUT2D eigenvalue weighted by Crippen LogP contribution is 2.21. The molecule has 0 heterocycles. The monoisotopic (exact) mass is 296 g/mol. The van der Waals surface area contributed by atoms with Crippen molar-refractivity contribution >= 4 is 17.7 Å². The van der Waals surface area contributed by atoms with Crippen LogP contribution in [0.25, 0.3) is 0 Å². The molecule has 0 fully saturated rings. The van der Waals surface area contributed by atoms with Crippen molar-refractivity contribution in [2.45, 2.75) is 19.4 Å². The maximum Gasteiger partial charge on any atom is 0.326 e. The molecule has 3 N–H and O–H groups in total.